The van der Waals surface area contributed by atoms with Gasteiger partial charge in [0.25, 0.3) is 0 Å². The first-order chi connectivity index (χ1) is 33.8. The van der Waals surface area contributed by atoms with E-state index in [1.165, 1.54) is 205 Å². The van der Waals surface area contributed by atoms with Gasteiger partial charge in [0.2, 0.25) is 5.91 Å². The van der Waals surface area contributed by atoms with Gasteiger partial charge in [0.1, 0.15) is 24.4 Å². The highest BCUT2D eigenvalue weighted by atomic mass is 16.7. The molecule has 0 spiro atoms. The molecule has 7 atom stereocenters. The second-order valence-corrected chi connectivity index (χ2v) is 20.4. The number of aliphatic hydroxyl groups excluding tert-OH is 5. The van der Waals surface area contributed by atoms with Crippen LogP contribution in [0.5, 0.6) is 0 Å². The molecule has 0 bridgehead atoms. The number of unbranched alkanes of at least 4 members (excludes halogenated alkanes) is 34. The van der Waals surface area contributed by atoms with E-state index in [1.54, 1.807) is 6.08 Å². The molecule has 0 aromatic carbocycles. The lowest BCUT2D eigenvalue weighted by atomic mass is 9.99. The molecule has 1 amide bonds. The molecule has 0 radical (unpaired) electrons. The zero-order valence-electron chi connectivity index (χ0n) is 44.8. The SMILES string of the molecule is CCCCCCCCCC/C=C/CC/C=C/CC/C=C/C(O)C(COC1OC(CO)C(O)C(O)C1O)NC(=O)CCCCCCCCCCCCCC/C=C\CCCCCCCCCCCCCC. The Morgan fingerprint density at radius 3 is 1.22 bits per heavy atom. The summed E-state index contributed by atoms with van der Waals surface area (Å²) in [6.07, 6.45) is 59.0. The van der Waals surface area contributed by atoms with Crippen molar-refractivity contribution in [2.75, 3.05) is 13.2 Å². The maximum atomic E-state index is 13.1. The monoisotopic (exact) mass is 974 g/mol. The molecule has 0 aromatic heterocycles. The third-order valence-corrected chi connectivity index (χ3v) is 13.9. The standard InChI is InChI=1S/C60H111NO8/c1-3-5-7-9-11-13-15-17-19-21-23-24-25-26-27-28-29-30-31-32-34-36-38-40-42-44-46-48-50-56(64)61-53(52-68-60-59(67)58(66)57(65)55(51-62)69-60)54(63)49-47-45-43-41-39-37-35-33-22-20-18-16-14-12-10-8-6-4-2/h22,26-27,33,39,41,47,49,53-55,57-60,62-63,65-67H,3-21,23-25,28-32,34-38,40,42-46,48,50-52H2,1-2H3,(H,61,64)/b27-26-,33-22+,41-39+,49-47+. The first-order valence-electron chi connectivity index (χ1n) is 29.4. The summed E-state index contributed by atoms with van der Waals surface area (Å²) < 4.78 is 11.2. The van der Waals surface area contributed by atoms with Gasteiger partial charge < -0.3 is 40.3 Å². The van der Waals surface area contributed by atoms with Crippen LogP contribution in [0.2, 0.25) is 0 Å². The van der Waals surface area contributed by atoms with Crippen molar-refractivity contribution in [2.45, 2.75) is 314 Å². The summed E-state index contributed by atoms with van der Waals surface area (Å²) in [5, 5.41) is 54.5. The molecule has 0 saturated carbocycles. The summed E-state index contributed by atoms with van der Waals surface area (Å²) in [5.74, 6) is -0.189. The highest BCUT2D eigenvalue weighted by Gasteiger charge is 2.44. The number of hydrogen-bond acceptors (Lipinski definition) is 8. The minimum atomic E-state index is -1.58. The van der Waals surface area contributed by atoms with Crippen LogP contribution in [0.4, 0.5) is 0 Å². The summed E-state index contributed by atoms with van der Waals surface area (Å²) >= 11 is 0. The molecule has 6 N–H and O–H groups in total. The number of aliphatic hydroxyl groups is 5. The molecule has 0 aromatic rings. The van der Waals surface area contributed by atoms with E-state index in [4.69, 9.17) is 9.47 Å². The summed E-state index contributed by atoms with van der Waals surface area (Å²) in [7, 11) is 0. The third-order valence-electron chi connectivity index (χ3n) is 13.9. The number of ether oxygens (including phenoxy) is 2. The number of rotatable bonds is 50. The van der Waals surface area contributed by atoms with E-state index in [1.807, 2.05) is 6.08 Å². The minimum Gasteiger partial charge on any atom is -0.394 e. The Kier molecular flexibility index (Phi) is 47.0. The zero-order chi connectivity index (χ0) is 50.1. The van der Waals surface area contributed by atoms with Crippen molar-refractivity contribution in [1.82, 2.24) is 5.32 Å². The number of nitrogens with one attached hydrogen (secondary N) is 1. The average molecular weight is 975 g/mol. The number of carbonyl (C=O) groups excluding carboxylic acids is 1. The Hall–Kier alpha value is -1.85. The van der Waals surface area contributed by atoms with Crippen LogP contribution in [0, 0.1) is 0 Å². The van der Waals surface area contributed by atoms with Crippen LogP contribution < -0.4 is 5.32 Å². The van der Waals surface area contributed by atoms with Crippen LogP contribution in [-0.4, -0.2) is 87.5 Å². The normalized spacial score (nSPS) is 19.8. The predicted molar refractivity (Wildman–Crippen MR) is 290 cm³/mol. The van der Waals surface area contributed by atoms with Crippen LogP contribution in [0.15, 0.2) is 48.6 Å². The van der Waals surface area contributed by atoms with Crippen LogP contribution >= 0.6 is 0 Å². The van der Waals surface area contributed by atoms with Gasteiger partial charge in [-0.3, -0.25) is 4.79 Å². The molecule has 9 nitrogen and oxygen atoms in total. The van der Waals surface area contributed by atoms with Crippen LogP contribution in [0.1, 0.15) is 271 Å². The smallest absolute Gasteiger partial charge is 0.220 e. The fraction of sp³-hybridized carbons (Fsp3) is 0.850. The number of amides is 1. The second kappa shape index (κ2) is 49.7. The molecule has 1 heterocycles. The summed E-state index contributed by atoms with van der Waals surface area (Å²) in [5.41, 5.74) is 0. The van der Waals surface area contributed by atoms with Gasteiger partial charge in [-0.1, -0.05) is 242 Å². The maximum absolute atomic E-state index is 13.1. The van der Waals surface area contributed by atoms with Crippen molar-refractivity contribution in [2.24, 2.45) is 0 Å². The lowest BCUT2D eigenvalue weighted by molar-refractivity contribution is -0.302. The fourth-order valence-corrected chi connectivity index (χ4v) is 9.18. The van der Waals surface area contributed by atoms with Crippen LogP contribution in [-0.2, 0) is 14.3 Å². The Bertz CT molecular complexity index is 1220. The molecule has 404 valence electrons. The van der Waals surface area contributed by atoms with E-state index < -0.39 is 49.5 Å². The van der Waals surface area contributed by atoms with Crippen LogP contribution in [0.3, 0.4) is 0 Å². The van der Waals surface area contributed by atoms with E-state index in [0.29, 0.717) is 6.42 Å². The number of hydrogen-bond donors (Lipinski definition) is 6. The zero-order valence-corrected chi connectivity index (χ0v) is 44.8. The van der Waals surface area contributed by atoms with Gasteiger partial charge in [0.05, 0.1) is 25.4 Å². The minimum absolute atomic E-state index is 0.189. The largest absolute Gasteiger partial charge is 0.394 e. The first-order valence-corrected chi connectivity index (χ1v) is 29.4. The van der Waals surface area contributed by atoms with E-state index in [0.717, 1.165) is 44.9 Å². The van der Waals surface area contributed by atoms with E-state index >= 15 is 0 Å². The number of carbonyl (C=O) groups is 1. The van der Waals surface area contributed by atoms with Gasteiger partial charge in [-0.15, -0.1) is 0 Å². The predicted octanol–water partition coefficient (Wildman–Crippen LogP) is 14.5. The van der Waals surface area contributed by atoms with Gasteiger partial charge in [0, 0.05) is 6.42 Å². The molecule has 1 aliphatic rings. The lowest BCUT2D eigenvalue weighted by Gasteiger charge is -2.40. The molecule has 1 rings (SSSR count). The molecule has 9 heteroatoms. The Labute approximate surface area is 424 Å². The maximum Gasteiger partial charge on any atom is 0.220 e. The van der Waals surface area contributed by atoms with Gasteiger partial charge in [-0.25, -0.2) is 0 Å². The second-order valence-electron chi connectivity index (χ2n) is 20.4. The van der Waals surface area contributed by atoms with Crippen molar-refractivity contribution < 1.29 is 39.8 Å². The Balaban J connectivity index is 2.22. The highest BCUT2D eigenvalue weighted by molar-refractivity contribution is 5.76. The summed E-state index contributed by atoms with van der Waals surface area (Å²) in [6.45, 7) is 3.77. The topological polar surface area (TPSA) is 149 Å². The van der Waals surface area contributed by atoms with Crippen LogP contribution in [0.25, 0.3) is 0 Å². The molecular formula is C60H111NO8. The Morgan fingerprint density at radius 2 is 0.826 bits per heavy atom. The highest BCUT2D eigenvalue weighted by Crippen LogP contribution is 2.23. The molecule has 69 heavy (non-hydrogen) atoms. The van der Waals surface area contributed by atoms with Gasteiger partial charge in [-0.05, 0) is 70.6 Å². The van der Waals surface area contributed by atoms with Crippen molar-refractivity contribution in [1.29, 1.82) is 0 Å². The Morgan fingerprint density at radius 1 is 0.478 bits per heavy atom. The van der Waals surface area contributed by atoms with E-state index in [-0.39, 0.29) is 12.5 Å². The summed E-state index contributed by atoms with van der Waals surface area (Å²) in [6, 6.07) is -0.829. The summed E-state index contributed by atoms with van der Waals surface area (Å²) in [4.78, 5) is 13.1. The fourth-order valence-electron chi connectivity index (χ4n) is 9.18. The first kappa shape index (κ1) is 65.2. The average Bonchev–Trinajstić information content (AvgIpc) is 3.35. The molecule has 0 aliphatic carbocycles. The lowest BCUT2D eigenvalue weighted by Crippen LogP contribution is -2.60. The molecule has 1 saturated heterocycles. The van der Waals surface area contributed by atoms with Crippen molar-refractivity contribution in [3.8, 4) is 0 Å². The molecule has 1 aliphatic heterocycles. The van der Waals surface area contributed by atoms with Crippen molar-refractivity contribution >= 4 is 5.91 Å². The molecular weight excluding hydrogens is 863 g/mol. The molecule has 1 fully saturated rings. The van der Waals surface area contributed by atoms with E-state index in [9.17, 15) is 30.3 Å². The van der Waals surface area contributed by atoms with Crippen molar-refractivity contribution in [3.63, 3.8) is 0 Å². The number of allylic oxidation sites excluding steroid dienone is 7. The van der Waals surface area contributed by atoms with Gasteiger partial charge in [0.15, 0.2) is 6.29 Å². The van der Waals surface area contributed by atoms with Crippen molar-refractivity contribution in [3.05, 3.63) is 48.6 Å². The quantitative estimate of drug-likeness (QED) is 0.0261. The third kappa shape index (κ3) is 39.4. The van der Waals surface area contributed by atoms with E-state index in [2.05, 4.69) is 55.6 Å². The van der Waals surface area contributed by atoms with Gasteiger partial charge in [-0.2, -0.15) is 0 Å². The molecule has 7 unspecified atom stereocenters. The van der Waals surface area contributed by atoms with Gasteiger partial charge >= 0.3 is 0 Å².